The standard InChI is InChI=1S/C20H22N4O5/c1-13(2)18(19(25)22-15-7-9-17(29-3)10-8-15)20(26)23-21-12-14-5-4-6-16(11-14)24(27)28/h4-13,18H,1-3H3,(H,22,25)(H,23,26). The van der Waals surface area contributed by atoms with Crippen LogP contribution in [0.25, 0.3) is 0 Å². The summed E-state index contributed by atoms with van der Waals surface area (Å²) >= 11 is 0. The molecule has 1 atom stereocenters. The Balaban J connectivity index is 2.03. The number of ether oxygens (including phenoxy) is 1. The lowest BCUT2D eigenvalue weighted by Crippen LogP contribution is -2.39. The maximum absolute atomic E-state index is 12.6. The van der Waals surface area contributed by atoms with Gasteiger partial charge in [0.1, 0.15) is 11.7 Å². The maximum atomic E-state index is 12.6. The van der Waals surface area contributed by atoms with E-state index in [0.29, 0.717) is 17.0 Å². The fourth-order valence-corrected chi connectivity index (χ4v) is 2.58. The van der Waals surface area contributed by atoms with Crippen LogP contribution >= 0.6 is 0 Å². The van der Waals surface area contributed by atoms with Crippen LogP contribution in [-0.2, 0) is 9.59 Å². The number of hydrazone groups is 1. The minimum atomic E-state index is -0.973. The molecular formula is C20H22N4O5. The highest BCUT2D eigenvalue weighted by Gasteiger charge is 2.29. The fraction of sp³-hybridized carbons (Fsp3) is 0.250. The second kappa shape index (κ2) is 9.98. The zero-order chi connectivity index (χ0) is 21.4. The first-order valence-corrected chi connectivity index (χ1v) is 8.84. The topological polar surface area (TPSA) is 123 Å². The van der Waals surface area contributed by atoms with E-state index in [1.54, 1.807) is 51.3 Å². The number of non-ortho nitro benzene ring substituents is 1. The smallest absolute Gasteiger partial charge is 0.270 e. The molecule has 0 saturated carbocycles. The average Bonchev–Trinajstić information content (AvgIpc) is 2.68. The van der Waals surface area contributed by atoms with Crippen LogP contribution in [0.15, 0.2) is 53.6 Å². The summed E-state index contributed by atoms with van der Waals surface area (Å²) in [6.07, 6.45) is 1.28. The molecule has 0 heterocycles. The number of amides is 2. The summed E-state index contributed by atoms with van der Waals surface area (Å²) in [5.74, 6) is -1.64. The number of nitro groups is 1. The first-order valence-electron chi connectivity index (χ1n) is 8.84. The largest absolute Gasteiger partial charge is 0.497 e. The molecule has 2 aromatic rings. The van der Waals surface area contributed by atoms with Crippen molar-refractivity contribution >= 4 is 29.4 Å². The lowest BCUT2D eigenvalue weighted by Gasteiger charge is -2.18. The molecule has 0 bridgehead atoms. The number of nitrogens with zero attached hydrogens (tertiary/aromatic N) is 2. The van der Waals surface area contributed by atoms with Crippen molar-refractivity contribution in [3.63, 3.8) is 0 Å². The van der Waals surface area contributed by atoms with Gasteiger partial charge >= 0.3 is 0 Å². The molecule has 2 rings (SSSR count). The number of carbonyl (C=O) groups excluding carboxylic acids is 2. The Hall–Kier alpha value is -3.75. The van der Waals surface area contributed by atoms with Gasteiger partial charge in [0, 0.05) is 23.4 Å². The fourth-order valence-electron chi connectivity index (χ4n) is 2.58. The van der Waals surface area contributed by atoms with Crippen molar-refractivity contribution in [1.29, 1.82) is 0 Å². The number of benzene rings is 2. The Morgan fingerprint density at radius 2 is 1.83 bits per heavy atom. The second-order valence-corrected chi connectivity index (χ2v) is 6.53. The van der Waals surface area contributed by atoms with E-state index in [2.05, 4.69) is 15.8 Å². The van der Waals surface area contributed by atoms with Gasteiger partial charge in [-0.2, -0.15) is 5.10 Å². The Morgan fingerprint density at radius 1 is 1.14 bits per heavy atom. The van der Waals surface area contributed by atoms with E-state index in [-0.39, 0.29) is 11.6 Å². The van der Waals surface area contributed by atoms with Gasteiger partial charge in [-0.15, -0.1) is 0 Å². The Bertz CT molecular complexity index is 909. The van der Waals surface area contributed by atoms with E-state index < -0.39 is 22.7 Å². The molecule has 0 aliphatic carbocycles. The molecule has 0 spiro atoms. The van der Waals surface area contributed by atoms with Crippen LogP contribution in [0.1, 0.15) is 19.4 Å². The number of nitrogens with one attached hydrogen (secondary N) is 2. The van der Waals surface area contributed by atoms with Gasteiger partial charge in [-0.05, 0) is 30.2 Å². The van der Waals surface area contributed by atoms with Gasteiger partial charge in [-0.25, -0.2) is 5.43 Å². The molecule has 0 saturated heterocycles. The molecule has 9 heteroatoms. The lowest BCUT2D eigenvalue weighted by molar-refractivity contribution is -0.384. The summed E-state index contributed by atoms with van der Waals surface area (Å²) in [6, 6.07) is 12.5. The number of anilines is 1. The molecular weight excluding hydrogens is 376 g/mol. The van der Waals surface area contributed by atoms with E-state index in [4.69, 9.17) is 4.74 Å². The molecule has 0 aliphatic rings. The summed E-state index contributed by atoms with van der Waals surface area (Å²) in [4.78, 5) is 35.3. The summed E-state index contributed by atoms with van der Waals surface area (Å²) in [5.41, 5.74) is 3.23. The first-order chi connectivity index (χ1) is 13.8. The molecule has 1 unspecified atom stereocenters. The monoisotopic (exact) mass is 398 g/mol. The van der Waals surface area contributed by atoms with E-state index in [0.717, 1.165) is 0 Å². The molecule has 0 radical (unpaired) electrons. The Labute approximate surface area is 167 Å². The third-order valence-corrected chi connectivity index (χ3v) is 4.06. The predicted octanol–water partition coefficient (Wildman–Crippen LogP) is 2.96. The molecule has 0 fully saturated rings. The van der Waals surface area contributed by atoms with E-state index >= 15 is 0 Å². The molecule has 2 aromatic carbocycles. The van der Waals surface area contributed by atoms with Crippen LogP contribution in [0.2, 0.25) is 0 Å². The van der Waals surface area contributed by atoms with Crippen molar-refractivity contribution in [3.8, 4) is 5.75 Å². The third kappa shape index (κ3) is 6.13. The summed E-state index contributed by atoms with van der Waals surface area (Å²) in [7, 11) is 1.54. The van der Waals surface area contributed by atoms with Crippen molar-refractivity contribution in [2.75, 3.05) is 12.4 Å². The van der Waals surface area contributed by atoms with Gasteiger partial charge in [-0.1, -0.05) is 26.0 Å². The van der Waals surface area contributed by atoms with Gasteiger partial charge in [0.2, 0.25) is 5.91 Å². The third-order valence-electron chi connectivity index (χ3n) is 4.06. The number of carbonyl (C=O) groups is 2. The zero-order valence-electron chi connectivity index (χ0n) is 16.3. The average molecular weight is 398 g/mol. The SMILES string of the molecule is COc1ccc(NC(=O)C(C(=O)NN=Cc2cccc([N+](=O)[O-])c2)C(C)C)cc1. The van der Waals surface area contributed by atoms with Crippen molar-refractivity contribution < 1.29 is 19.2 Å². The first kappa shape index (κ1) is 21.5. The van der Waals surface area contributed by atoms with E-state index in [9.17, 15) is 19.7 Å². The molecule has 152 valence electrons. The van der Waals surface area contributed by atoms with Gasteiger partial charge < -0.3 is 10.1 Å². The van der Waals surface area contributed by atoms with Crippen molar-refractivity contribution in [2.24, 2.45) is 16.9 Å². The Morgan fingerprint density at radius 3 is 2.41 bits per heavy atom. The summed E-state index contributed by atoms with van der Waals surface area (Å²) < 4.78 is 5.07. The highest BCUT2D eigenvalue weighted by atomic mass is 16.6. The highest BCUT2D eigenvalue weighted by Crippen LogP contribution is 2.18. The predicted molar refractivity (Wildman–Crippen MR) is 109 cm³/mol. The zero-order valence-corrected chi connectivity index (χ0v) is 16.3. The molecule has 2 amide bonds. The minimum Gasteiger partial charge on any atom is -0.497 e. The van der Waals surface area contributed by atoms with Crippen LogP contribution in [0.5, 0.6) is 5.75 Å². The molecule has 2 N–H and O–H groups in total. The van der Waals surface area contributed by atoms with Gasteiger partial charge in [0.25, 0.3) is 11.6 Å². The van der Waals surface area contributed by atoms with Crippen molar-refractivity contribution in [1.82, 2.24) is 5.43 Å². The molecule has 0 aromatic heterocycles. The van der Waals surface area contributed by atoms with Gasteiger partial charge in [0.15, 0.2) is 0 Å². The number of nitro benzene ring substituents is 1. The quantitative estimate of drug-likeness (QED) is 0.306. The van der Waals surface area contributed by atoms with Crippen LogP contribution in [0.4, 0.5) is 11.4 Å². The Kier molecular flexibility index (Phi) is 7.41. The highest BCUT2D eigenvalue weighted by molar-refractivity contribution is 6.06. The van der Waals surface area contributed by atoms with E-state index in [1.807, 2.05) is 0 Å². The maximum Gasteiger partial charge on any atom is 0.270 e. The lowest BCUT2D eigenvalue weighted by atomic mass is 9.94. The number of hydrogen-bond acceptors (Lipinski definition) is 6. The van der Waals surface area contributed by atoms with Crippen LogP contribution in [0.3, 0.4) is 0 Å². The van der Waals surface area contributed by atoms with Gasteiger partial charge in [0.05, 0.1) is 18.2 Å². The van der Waals surface area contributed by atoms with Crippen LogP contribution in [-0.4, -0.2) is 30.1 Å². The minimum absolute atomic E-state index is 0.0841. The number of hydrogen-bond donors (Lipinski definition) is 2. The number of methoxy groups -OCH3 is 1. The number of rotatable bonds is 8. The second-order valence-electron chi connectivity index (χ2n) is 6.53. The summed E-state index contributed by atoms with van der Waals surface area (Å²) in [6.45, 7) is 3.50. The normalized spacial score (nSPS) is 11.9. The van der Waals surface area contributed by atoms with Crippen LogP contribution < -0.4 is 15.5 Å². The van der Waals surface area contributed by atoms with Crippen molar-refractivity contribution in [2.45, 2.75) is 13.8 Å². The molecule has 29 heavy (non-hydrogen) atoms. The van der Waals surface area contributed by atoms with Crippen molar-refractivity contribution in [3.05, 3.63) is 64.2 Å². The van der Waals surface area contributed by atoms with Crippen LogP contribution in [0, 0.1) is 22.0 Å². The molecule has 0 aliphatic heterocycles. The van der Waals surface area contributed by atoms with E-state index in [1.165, 1.54) is 24.4 Å². The molecule has 9 nitrogen and oxygen atoms in total. The van der Waals surface area contributed by atoms with Gasteiger partial charge in [-0.3, -0.25) is 19.7 Å². The summed E-state index contributed by atoms with van der Waals surface area (Å²) in [5, 5.41) is 17.3.